The maximum atomic E-state index is 13.4. The highest BCUT2D eigenvalue weighted by Gasteiger charge is 2.64. The number of rotatable bonds is 13. The van der Waals surface area contributed by atoms with Gasteiger partial charge in [-0.1, -0.05) is 24.3 Å². The van der Waals surface area contributed by atoms with Crippen LogP contribution in [-0.2, 0) is 96.3 Å². The Hall–Kier alpha value is -10.6. The molecule has 46 heteroatoms. The van der Waals surface area contributed by atoms with Gasteiger partial charge in [-0.3, -0.25) is 47.4 Å². The number of anilines is 2. The van der Waals surface area contributed by atoms with Gasteiger partial charge in [-0.25, -0.2) is 59.4 Å². The van der Waals surface area contributed by atoms with E-state index in [1.54, 1.807) is 94.0 Å². The fourth-order valence-electron chi connectivity index (χ4n) is 11.4. The van der Waals surface area contributed by atoms with Crippen LogP contribution in [0.15, 0.2) is 151 Å². The molecule has 0 aliphatic carbocycles. The summed E-state index contributed by atoms with van der Waals surface area (Å²) in [5, 5.41) is 5.31. The molecule has 14 heterocycles. The first kappa shape index (κ1) is 90.7. The first-order chi connectivity index (χ1) is 55.3. The fourth-order valence-corrected chi connectivity index (χ4v) is 11.9. The fraction of sp³-hybridized carbons (Fsp3) is 0.397. The van der Waals surface area contributed by atoms with Gasteiger partial charge in [0.25, 0.3) is 11.1 Å². The second-order valence-electron chi connectivity index (χ2n) is 30.0. The van der Waals surface area contributed by atoms with Crippen LogP contribution in [0.4, 0.5) is 51.1 Å². The SMILES string of the molecule is CC1(C)OB(B2OC(C)(C)C(C)(C)O2)OC1(C)C.CC1(C)OB(c2cnc(C(F)(F)F)nc2)OC1(C)C.Cc1nc2c(c(=O)n(Cc3ccccn3)c(=O)n2C)n1CC(=O)Nc1cccc(-c2cnc(C(F)(F)F)nc2)n1.Cc1nc2c(c(=O)n(Cc3ccccn3)c(=O)n2C)n1CC(=O)Nc1cccc(Br)n1.FC(F)(F)c1ncc(Br)cn1. The minimum atomic E-state index is -4.68. The summed E-state index contributed by atoms with van der Waals surface area (Å²) in [4.78, 5) is 123. The number of imidazole rings is 2. The zero-order valence-corrected chi connectivity index (χ0v) is 69.9. The van der Waals surface area contributed by atoms with Crippen molar-refractivity contribution in [3.05, 3.63) is 214 Å². The highest BCUT2D eigenvalue weighted by atomic mass is 79.9. The number of fused-ring (bicyclic) bond motifs is 2. The van der Waals surface area contributed by atoms with Gasteiger partial charge in [-0.2, -0.15) is 39.5 Å². The van der Waals surface area contributed by atoms with E-state index in [-0.39, 0.29) is 93.9 Å². The van der Waals surface area contributed by atoms with E-state index in [9.17, 15) is 68.3 Å². The van der Waals surface area contributed by atoms with Crippen molar-refractivity contribution >= 4 is 104 Å². The van der Waals surface area contributed by atoms with Gasteiger partial charge in [0.2, 0.25) is 29.3 Å². The number of carbonyl (C=O) groups excluding carboxylic acids is 2. The molecule has 628 valence electrons. The molecule has 2 N–H and O–H groups in total. The summed E-state index contributed by atoms with van der Waals surface area (Å²) >= 11 is 6.18. The molecule has 3 aliphatic rings. The second-order valence-corrected chi connectivity index (χ2v) is 31.7. The number of carbonyl (C=O) groups is 2. The average molecular weight is 1790 g/mol. The van der Waals surface area contributed by atoms with Crippen LogP contribution in [0.1, 0.15) is 124 Å². The van der Waals surface area contributed by atoms with Crippen LogP contribution in [0, 0.1) is 13.8 Å². The second kappa shape index (κ2) is 35.0. The number of aromatic nitrogens is 18. The van der Waals surface area contributed by atoms with Crippen molar-refractivity contribution in [2.24, 2.45) is 14.1 Å². The minimum absolute atomic E-state index is 0.0146. The highest BCUT2D eigenvalue weighted by Crippen LogP contribution is 2.43. The maximum Gasteiger partial charge on any atom is 0.498 e. The first-order valence-electron chi connectivity index (χ1n) is 36.0. The van der Waals surface area contributed by atoms with Crippen LogP contribution in [-0.4, -0.2) is 154 Å². The van der Waals surface area contributed by atoms with E-state index < -0.39 is 96.7 Å². The van der Waals surface area contributed by atoms with Crippen LogP contribution in [0.5, 0.6) is 0 Å². The number of halogens is 11. The monoisotopic (exact) mass is 1790 g/mol. The van der Waals surface area contributed by atoms with Gasteiger partial charge in [0, 0.05) is 74.7 Å². The van der Waals surface area contributed by atoms with Gasteiger partial charge in [-0.15, -0.1) is 0 Å². The van der Waals surface area contributed by atoms with E-state index in [1.165, 1.54) is 37.4 Å². The van der Waals surface area contributed by atoms with Gasteiger partial charge < -0.3 is 47.7 Å². The Bertz CT molecular complexity index is 5700. The standard InChI is InChI=1S/C25H20F3N9O3.C20H18BrN7O3.C12H24B2O4.C11H14BF3N2O2.C5H2BrF3N2/c1-14-32-21-20(22(39)37(24(40)35(21)2)12-16-6-3-4-9-29-16)36(14)13-19(38)34-18-8-5-7-17(33-18)15-10-30-23(31-11-15)25(26,27)28;1-12-23-18-17(27(12)11-16(29)25-15-8-5-7-14(21)24-15)19(30)28(20(31)26(18)2)10-13-6-3-4-9-22-13;1-9(2)10(3,4)16-13(15-9)14-17-11(5,6)12(7,8)18-14;1-9(2)10(3,4)19-12(18-9)7-5-16-8(17-6-7)11(13,14)15;6-3-1-10-4(11-2-3)5(7,8)9/h3-11H,12-13H2,1-2H3,(H,33,34,38);3-9H,10-11H2,1-2H3,(H,24,25,29);1-8H3;5-6H,1-4H3;1-2H. The molecule has 0 spiro atoms. The molecular weight excluding hydrogens is 1710 g/mol. The molecule has 0 aromatic carbocycles. The van der Waals surface area contributed by atoms with E-state index in [0.29, 0.717) is 43.4 Å². The van der Waals surface area contributed by atoms with Gasteiger partial charge in [0.1, 0.15) is 41.0 Å². The van der Waals surface area contributed by atoms with Gasteiger partial charge in [0.15, 0.2) is 22.3 Å². The molecule has 32 nitrogen and oxygen atoms in total. The quantitative estimate of drug-likeness (QED) is 0.0615. The lowest BCUT2D eigenvalue weighted by molar-refractivity contribution is -0.145. The van der Waals surface area contributed by atoms with Crippen LogP contribution in [0.3, 0.4) is 0 Å². The number of amides is 2. The summed E-state index contributed by atoms with van der Waals surface area (Å²) in [6, 6.07) is 20.1. The molecule has 0 bridgehead atoms. The normalized spacial score (nSPS) is 16.2. The molecule has 3 fully saturated rings. The molecule has 11 aromatic heterocycles. The van der Waals surface area contributed by atoms with Gasteiger partial charge >= 0.3 is 51.0 Å². The van der Waals surface area contributed by atoms with Crippen molar-refractivity contribution in [2.75, 3.05) is 10.6 Å². The number of nitrogens with one attached hydrogen (secondary N) is 2. The molecule has 0 atom stereocenters. The third-order valence-corrected chi connectivity index (χ3v) is 20.7. The summed E-state index contributed by atoms with van der Waals surface area (Å²) in [5.74, 6) is -3.25. The number of hydrogen-bond acceptors (Lipinski definition) is 24. The molecule has 3 aliphatic heterocycles. The molecule has 14 rings (SSSR count). The van der Waals surface area contributed by atoms with Crippen molar-refractivity contribution < 1.29 is 77.0 Å². The third kappa shape index (κ3) is 21.0. The molecule has 11 aromatic rings. The third-order valence-electron chi connectivity index (χ3n) is 19.8. The van der Waals surface area contributed by atoms with Crippen molar-refractivity contribution in [1.82, 2.24) is 87.2 Å². The Balaban J connectivity index is 0.000000167. The highest BCUT2D eigenvalue weighted by molar-refractivity contribution is 9.10. The Labute approximate surface area is 689 Å². The van der Waals surface area contributed by atoms with E-state index in [0.717, 1.165) is 46.3 Å². The Kier molecular flexibility index (Phi) is 26.7. The van der Waals surface area contributed by atoms with E-state index in [2.05, 4.69) is 102 Å². The zero-order chi connectivity index (χ0) is 87.7. The molecule has 2 amide bonds. The Morgan fingerprint density at radius 2 is 0.790 bits per heavy atom. The van der Waals surface area contributed by atoms with Crippen molar-refractivity contribution in [3.8, 4) is 11.3 Å². The van der Waals surface area contributed by atoms with Crippen molar-refractivity contribution in [3.63, 3.8) is 0 Å². The topological polar surface area (TPSA) is 366 Å². The molecule has 0 unspecified atom stereocenters. The van der Waals surface area contributed by atoms with Crippen LogP contribution in [0.25, 0.3) is 33.6 Å². The van der Waals surface area contributed by atoms with Crippen LogP contribution < -0.4 is 38.6 Å². The molecular formula is C73H78B3Br2F9N20O12. The lowest BCUT2D eigenvalue weighted by Gasteiger charge is -2.32. The average Bonchev–Trinajstić information content (AvgIpc) is 1.61. The predicted octanol–water partition coefficient (Wildman–Crippen LogP) is 9.90. The number of pyridine rings is 4. The molecule has 0 saturated carbocycles. The van der Waals surface area contributed by atoms with Gasteiger partial charge in [-0.05, 0) is 177 Å². The number of alkyl halides is 9. The number of aryl methyl sites for hydroxylation is 4. The summed E-state index contributed by atoms with van der Waals surface area (Å²) in [6.07, 6.45) is -4.29. The lowest BCUT2D eigenvalue weighted by Crippen LogP contribution is -2.41. The first-order valence-corrected chi connectivity index (χ1v) is 37.6. The smallest absolute Gasteiger partial charge is 0.405 e. The van der Waals surface area contributed by atoms with E-state index >= 15 is 0 Å². The predicted molar refractivity (Wildman–Crippen MR) is 424 cm³/mol. The van der Waals surface area contributed by atoms with E-state index in [1.807, 2.05) is 83.1 Å². The van der Waals surface area contributed by atoms with E-state index in [4.69, 9.17) is 27.9 Å². The summed E-state index contributed by atoms with van der Waals surface area (Å²) < 4.78 is 154. The van der Waals surface area contributed by atoms with Crippen molar-refractivity contribution in [1.29, 1.82) is 0 Å². The minimum Gasteiger partial charge on any atom is -0.405 e. The summed E-state index contributed by atoms with van der Waals surface area (Å²) in [7, 11) is 1.32. The van der Waals surface area contributed by atoms with Gasteiger partial charge in [0.05, 0.1) is 68.3 Å². The summed E-state index contributed by atoms with van der Waals surface area (Å²) in [6.45, 7) is 26.4. The number of nitrogens with zero attached hydrogens (tertiary/aromatic N) is 18. The lowest BCUT2D eigenvalue weighted by atomic mass is 9.49. The van der Waals surface area contributed by atoms with Crippen molar-refractivity contribution in [2.45, 2.75) is 175 Å². The maximum absolute atomic E-state index is 13.4. The molecule has 3 saturated heterocycles. The molecule has 0 radical (unpaired) electrons. The zero-order valence-electron chi connectivity index (χ0n) is 66.7. The molecule has 119 heavy (non-hydrogen) atoms. The Morgan fingerprint density at radius 1 is 0.437 bits per heavy atom. The summed E-state index contributed by atoms with van der Waals surface area (Å²) in [5.41, 5.74) is -2.30. The number of hydrogen-bond donors (Lipinski definition) is 2. The Morgan fingerprint density at radius 3 is 1.15 bits per heavy atom. The largest absolute Gasteiger partial charge is 0.498 e. The van der Waals surface area contributed by atoms with Crippen LogP contribution in [0.2, 0.25) is 0 Å². The van der Waals surface area contributed by atoms with Crippen LogP contribution >= 0.6 is 31.9 Å².